The summed E-state index contributed by atoms with van der Waals surface area (Å²) in [5.41, 5.74) is -0.525. The van der Waals surface area contributed by atoms with E-state index in [2.05, 4.69) is 10.0 Å². The first kappa shape index (κ1) is 13.4. The Hall–Kier alpha value is -0.640. The highest BCUT2D eigenvalue weighted by atomic mass is 32.2. The molecule has 0 spiro atoms. The number of nitrogens with zero attached hydrogens (tertiary/aromatic N) is 1. The van der Waals surface area contributed by atoms with E-state index in [-0.39, 0.29) is 0 Å². The SMILES string of the molecule is CC(C)(CNCCC#N)NS(C)(=O)=O. The van der Waals surface area contributed by atoms with Gasteiger partial charge in [-0.25, -0.2) is 13.1 Å². The van der Waals surface area contributed by atoms with Gasteiger partial charge in [0.2, 0.25) is 10.0 Å². The van der Waals surface area contributed by atoms with Crippen LogP contribution in [-0.2, 0) is 10.0 Å². The molecule has 0 fully saturated rings. The lowest BCUT2D eigenvalue weighted by Gasteiger charge is -2.25. The Labute approximate surface area is 85.5 Å². The molecule has 5 nitrogen and oxygen atoms in total. The van der Waals surface area contributed by atoms with Crippen molar-refractivity contribution >= 4 is 10.0 Å². The van der Waals surface area contributed by atoms with Gasteiger partial charge >= 0.3 is 0 Å². The van der Waals surface area contributed by atoms with Crippen molar-refractivity contribution in [3.05, 3.63) is 0 Å². The molecule has 0 saturated heterocycles. The summed E-state index contributed by atoms with van der Waals surface area (Å²) in [6, 6.07) is 2.00. The first-order chi connectivity index (χ1) is 6.27. The molecule has 0 amide bonds. The molecule has 0 heterocycles. The summed E-state index contributed by atoms with van der Waals surface area (Å²) in [7, 11) is -3.18. The van der Waals surface area contributed by atoms with Crippen LogP contribution < -0.4 is 10.0 Å². The Morgan fingerprint density at radius 2 is 2.00 bits per heavy atom. The van der Waals surface area contributed by atoms with E-state index in [0.29, 0.717) is 19.5 Å². The minimum Gasteiger partial charge on any atom is -0.314 e. The molecule has 0 rings (SSSR count). The molecule has 6 heteroatoms. The third-order valence-electron chi connectivity index (χ3n) is 1.44. The van der Waals surface area contributed by atoms with Gasteiger partial charge in [-0.05, 0) is 13.8 Å². The second kappa shape index (κ2) is 5.29. The van der Waals surface area contributed by atoms with Crippen LogP contribution in [0.15, 0.2) is 0 Å². The number of hydrogen-bond acceptors (Lipinski definition) is 4. The molecular formula is C8H17N3O2S. The fourth-order valence-electron chi connectivity index (χ4n) is 1.08. The maximum absolute atomic E-state index is 10.9. The Morgan fingerprint density at radius 1 is 1.43 bits per heavy atom. The van der Waals surface area contributed by atoms with E-state index >= 15 is 0 Å². The van der Waals surface area contributed by atoms with Crippen LogP contribution in [0.3, 0.4) is 0 Å². The molecule has 0 aliphatic rings. The highest BCUT2D eigenvalue weighted by molar-refractivity contribution is 7.88. The summed E-state index contributed by atoms with van der Waals surface area (Å²) in [5.74, 6) is 0. The van der Waals surface area contributed by atoms with Crippen LogP contribution >= 0.6 is 0 Å². The van der Waals surface area contributed by atoms with Crippen LogP contribution in [0.1, 0.15) is 20.3 Å². The molecule has 0 saturated carbocycles. The minimum atomic E-state index is -3.18. The van der Waals surface area contributed by atoms with E-state index in [0.717, 1.165) is 6.26 Å². The second-order valence-corrected chi connectivity index (χ2v) is 5.59. The predicted molar refractivity (Wildman–Crippen MR) is 55.2 cm³/mol. The van der Waals surface area contributed by atoms with Crippen LogP contribution in [0.4, 0.5) is 0 Å². The number of sulfonamides is 1. The molecule has 0 aromatic carbocycles. The molecule has 82 valence electrons. The average Bonchev–Trinajstić information content (AvgIpc) is 1.93. The maximum atomic E-state index is 10.9. The van der Waals surface area contributed by atoms with Crippen molar-refractivity contribution in [2.45, 2.75) is 25.8 Å². The monoisotopic (exact) mass is 219 g/mol. The van der Waals surface area contributed by atoms with Crippen LogP contribution in [-0.4, -0.2) is 33.3 Å². The highest BCUT2D eigenvalue weighted by Gasteiger charge is 2.21. The van der Waals surface area contributed by atoms with Gasteiger partial charge in [0, 0.05) is 25.0 Å². The quantitative estimate of drug-likeness (QED) is 0.607. The van der Waals surface area contributed by atoms with Gasteiger partial charge in [0.25, 0.3) is 0 Å². The van der Waals surface area contributed by atoms with E-state index in [1.807, 2.05) is 6.07 Å². The summed E-state index contributed by atoms with van der Waals surface area (Å²) in [6.07, 6.45) is 1.55. The molecule has 0 unspecified atom stereocenters. The molecule has 14 heavy (non-hydrogen) atoms. The van der Waals surface area contributed by atoms with E-state index in [9.17, 15) is 8.42 Å². The molecule has 0 aliphatic heterocycles. The van der Waals surface area contributed by atoms with E-state index in [1.165, 1.54) is 0 Å². The van der Waals surface area contributed by atoms with Gasteiger partial charge in [-0.15, -0.1) is 0 Å². The van der Waals surface area contributed by atoms with Crippen molar-refractivity contribution in [1.29, 1.82) is 5.26 Å². The number of nitriles is 1. The molecule has 0 aromatic rings. The van der Waals surface area contributed by atoms with Crippen LogP contribution in [0.2, 0.25) is 0 Å². The summed E-state index contributed by atoms with van der Waals surface area (Å²) in [6.45, 7) is 4.65. The van der Waals surface area contributed by atoms with Crippen molar-refractivity contribution in [3.63, 3.8) is 0 Å². The summed E-state index contributed by atoms with van der Waals surface area (Å²) in [4.78, 5) is 0. The van der Waals surface area contributed by atoms with Crippen molar-refractivity contribution in [2.75, 3.05) is 19.3 Å². The summed E-state index contributed by atoms with van der Waals surface area (Å²) < 4.78 is 24.4. The topological polar surface area (TPSA) is 82.0 Å². The van der Waals surface area contributed by atoms with Gasteiger partial charge in [-0.2, -0.15) is 5.26 Å². The van der Waals surface area contributed by atoms with Crippen molar-refractivity contribution in [2.24, 2.45) is 0 Å². The normalized spacial score (nSPS) is 12.4. The molecular weight excluding hydrogens is 202 g/mol. The predicted octanol–water partition coefficient (Wildman–Crippen LogP) is -0.183. The third-order valence-corrected chi connectivity index (χ3v) is 2.37. The van der Waals surface area contributed by atoms with Gasteiger partial charge in [0.05, 0.1) is 12.3 Å². The molecule has 2 N–H and O–H groups in total. The zero-order valence-corrected chi connectivity index (χ0v) is 9.61. The fraction of sp³-hybridized carbons (Fsp3) is 0.875. The summed E-state index contributed by atoms with van der Waals surface area (Å²) in [5, 5.41) is 11.3. The minimum absolute atomic E-state index is 0.426. The lowest BCUT2D eigenvalue weighted by Crippen LogP contribution is -2.49. The van der Waals surface area contributed by atoms with Gasteiger partial charge in [-0.3, -0.25) is 0 Å². The van der Waals surface area contributed by atoms with Gasteiger partial charge in [0.1, 0.15) is 0 Å². The van der Waals surface area contributed by atoms with Crippen LogP contribution in [0.25, 0.3) is 0 Å². The molecule has 0 aliphatic carbocycles. The summed E-state index contributed by atoms with van der Waals surface area (Å²) >= 11 is 0. The Balaban J connectivity index is 3.91. The highest BCUT2D eigenvalue weighted by Crippen LogP contribution is 2.01. The number of nitrogens with one attached hydrogen (secondary N) is 2. The van der Waals surface area contributed by atoms with Crippen LogP contribution in [0.5, 0.6) is 0 Å². The fourth-order valence-corrected chi connectivity index (χ4v) is 2.16. The first-order valence-corrected chi connectivity index (χ1v) is 6.22. The molecule has 0 atom stereocenters. The third kappa shape index (κ3) is 7.98. The Bertz CT molecular complexity index is 303. The first-order valence-electron chi connectivity index (χ1n) is 4.33. The Morgan fingerprint density at radius 3 is 2.43 bits per heavy atom. The number of rotatable bonds is 6. The smallest absolute Gasteiger partial charge is 0.209 e. The van der Waals surface area contributed by atoms with E-state index < -0.39 is 15.6 Å². The maximum Gasteiger partial charge on any atom is 0.209 e. The van der Waals surface area contributed by atoms with Crippen molar-refractivity contribution < 1.29 is 8.42 Å². The van der Waals surface area contributed by atoms with Gasteiger partial charge < -0.3 is 5.32 Å². The lowest BCUT2D eigenvalue weighted by atomic mass is 10.1. The zero-order valence-electron chi connectivity index (χ0n) is 8.79. The molecule has 0 aromatic heterocycles. The second-order valence-electron chi connectivity index (χ2n) is 3.84. The molecule has 0 bridgehead atoms. The van der Waals surface area contributed by atoms with E-state index in [1.54, 1.807) is 13.8 Å². The van der Waals surface area contributed by atoms with E-state index in [4.69, 9.17) is 5.26 Å². The van der Waals surface area contributed by atoms with Crippen molar-refractivity contribution in [3.8, 4) is 6.07 Å². The van der Waals surface area contributed by atoms with Crippen molar-refractivity contribution in [1.82, 2.24) is 10.0 Å². The number of hydrogen-bond donors (Lipinski definition) is 2. The average molecular weight is 219 g/mol. The Kier molecular flexibility index (Phi) is 5.05. The van der Waals surface area contributed by atoms with Crippen LogP contribution in [0, 0.1) is 11.3 Å². The lowest BCUT2D eigenvalue weighted by molar-refractivity contribution is 0.424. The van der Waals surface area contributed by atoms with Gasteiger partial charge in [-0.1, -0.05) is 0 Å². The van der Waals surface area contributed by atoms with Gasteiger partial charge in [0.15, 0.2) is 0 Å². The molecule has 0 radical (unpaired) electrons. The zero-order chi connectivity index (χ0) is 11.2. The standard InChI is InChI=1S/C8H17N3O2S/c1-8(2,11-14(3,12)13)7-10-6-4-5-9/h10-11H,4,6-7H2,1-3H3. The largest absolute Gasteiger partial charge is 0.314 e.